The Kier molecular flexibility index (Phi) is 4.14. The zero-order valence-electron chi connectivity index (χ0n) is 16.0. The predicted molar refractivity (Wildman–Crippen MR) is 125 cm³/mol. The Bertz CT molecular complexity index is 1280. The van der Waals surface area contributed by atoms with Gasteiger partial charge in [-0.2, -0.15) is 0 Å². The first-order valence-corrected chi connectivity index (χ1v) is 10.3. The van der Waals surface area contributed by atoms with E-state index >= 15 is 0 Å². The number of hydrogen-bond acceptors (Lipinski definition) is 2. The second-order valence-corrected chi connectivity index (χ2v) is 8.29. The van der Waals surface area contributed by atoms with Gasteiger partial charge >= 0.3 is 0 Å². The normalized spacial score (nSPS) is 11.2. The van der Waals surface area contributed by atoms with Crippen LogP contribution in [0.15, 0.2) is 91.0 Å². The van der Waals surface area contributed by atoms with Gasteiger partial charge in [0, 0.05) is 51.0 Å². The van der Waals surface area contributed by atoms with E-state index in [1.165, 1.54) is 48.1 Å². The summed E-state index contributed by atoms with van der Waals surface area (Å²) in [5.41, 5.74) is 6.36. The van der Waals surface area contributed by atoms with Crippen molar-refractivity contribution in [1.29, 1.82) is 0 Å². The topological polar surface area (TPSA) is 3.24 Å². The highest BCUT2D eigenvalue weighted by atomic mass is 32.1. The van der Waals surface area contributed by atoms with Gasteiger partial charge in [0.1, 0.15) is 0 Å². The van der Waals surface area contributed by atoms with E-state index in [2.05, 4.69) is 110 Å². The first-order chi connectivity index (χ1) is 13.7. The summed E-state index contributed by atoms with van der Waals surface area (Å²) in [6, 6.07) is 32.7. The number of hydrogen-bond donors (Lipinski definition) is 0. The number of rotatable bonds is 3. The number of thiophene rings is 1. The average Bonchev–Trinajstić information content (AvgIpc) is 3.12. The molecule has 136 valence electrons. The smallest absolute Gasteiger partial charge is 0.0520 e. The highest BCUT2D eigenvalue weighted by Gasteiger charge is 2.17. The fraction of sp³-hybridized carbons (Fsp3) is 0.0769. The van der Waals surface area contributed by atoms with Crippen LogP contribution in [0.25, 0.3) is 42.4 Å². The van der Waals surface area contributed by atoms with Crippen molar-refractivity contribution >= 4 is 37.2 Å². The van der Waals surface area contributed by atoms with Crippen molar-refractivity contribution in [3.63, 3.8) is 0 Å². The van der Waals surface area contributed by atoms with Crippen molar-refractivity contribution in [3.8, 4) is 22.3 Å². The molecule has 1 aromatic heterocycles. The van der Waals surface area contributed by atoms with Crippen LogP contribution in [0.5, 0.6) is 0 Å². The Hall–Kier alpha value is -3.10. The third kappa shape index (κ3) is 2.69. The summed E-state index contributed by atoms with van der Waals surface area (Å²) in [6.07, 6.45) is 0. The Labute approximate surface area is 169 Å². The van der Waals surface area contributed by atoms with Crippen LogP contribution in [0, 0.1) is 0 Å². The molecule has 0 amide bonds. The van der Waals surface area contributed by atoms with Gasteiger partial charge in [0.15, 0.2) is 0 Å². The predicted octanol–water partition coefficient (Wildman–Crippen LogP) is 7.45. The van der Waals surface area contributed by atoms with E-state index < -0.39 is 0 Å². The molecule has 28 heavy (non-hydrogen) atoms. The van der Waals surface area contributed by atoms with Gasteiger partial charge in [-0.1, -0.05) is 84.9 Å². The van der Waals surface area contributed by atoms with Crippen molar-refractivity contribution in [2.45, 2.75) is 0 Å². The molecule has 0 aliphatic heterocycles. The number of para-hydroxylation sites is 1. The minimum Gasteiger partial charge on any atom is -0.377 e. The summed E-state index contributed by atoms with van der Waals surface area (Å²) in [7, 11) is 4.27. The summed E-state index contributed by atoms with van der Waals surface area (Å²) in [4.78, 5) is 2.24. The molecule has 2 heteroatoms. The first-order valence-electron chi connectivity index (χ1n) is 9.50. The van der Waals surface area contributed by atoms with Crippen molar-refractivity contribution in [3.05, 3.63) is 91.0 Å². The van der Waals surface area contributed by atoms with E-state index in [4.69, 9.17) is 0 Å². The van der Waals surface area contributed by atoms with Crippen molar-refractivity contribution in [2.75, 3.05) is 19.0 Å². The molecule has 0 aliphatic rings. The molecule has 1 nitrogen and oxygen atoms in total. The first kappa shape index (κ1) is 17.0. The van der Waals surface area contributed by atoms with Crippen molar-refractivity contribution in [2.24, 2.45) is 0 Å². The molecule has 0 N–H and O–H groups in total. The molecule has 0 radical (unpaired) electrons. The van der Waals surface area contributed by atoms with E-state index in [-0.39, 0.29) is 0 Å². The largest absolute Gasteiger partial charge is 0.377 e. The zero-order valence-corrected chi connectivity index (χ0v) is 16.8. The summed E-state index contributed by atoms with van der Waals surface area (Å²) in [6.45, 7) is 0. The van der Waals surface area contributed by atoms with E-state index in [1.807, 2.05) is 11.3 Å². The van der Waals surface area contributed by atoms with Crippen molar-refractivity contribution in [1.82, 2.24) is 0 Å². The Morgan fingerprint density at radius 1 is 0.571 bits per heavy atom. The lowest BCUT2D eigenvalue weighted by molar-refractivity contribution is 1.13. The monoisotopic (exact) mass is 379 g/mol. The maximum atomic E-state index is 2.26. The van der Waals surface area contributed by atoms with Crippen LogP contribution in [-0.2, 0) is 0 Å². The number of benzene rings is 4. The molecular formula is C26H21NS. The molecule has 0 spiro atoms. The third-order valence-electron chi connectivity index (χ3n) is 5.26. The Morgan fingerprint density at radius 3 is 2.04 bits per heavy atom. The molecule has 0 aliphatic carbocycles. The van der Waals surface area contributed by atoms with E-state index in [9.17, 15) is 0 Å². The molecule has 4 aromatic carbocycles. The minimum atomic E-state index is 1.25. The van der Waals surface area contributed by atoms with Crippen LogP contribution in [0.4, 0.5) is 5.69 Å². The van der Waals surface area contributed by atoms with Gasteiger partial charge in [0.05, 0.1) is 5.69 Å². The van der Waals surface area contributed by atoms with Gasteiger partial charge in [-0.05, 0) is 11.6 Å². The van der Waals surface area contributed by atoms with Gasteiger partial charge in [0.2, 0.25) is 0 Å². The van der Waals surface area contributed by atoms with Crippen LogP contribution in [0.2, 0.25) is 0 Å². The molecule has 0 fully saturated rings. The van der Waals surface area contributed by atoms with Crippen LogP contribution >= 0.6 is 11.3 Å². The highest BCUT2D eigenvalue weighted by molar-refractivity contribution is 7.26. The van der Waals surface area contributed by atoms with E-state index in [0.29, 0.717) is 0 Å². The van der Waals surface area contributed by atoms with Gasteiger partial charge in [0.25, 0.3) is 0 Å². The van der Waals surface area contributed by atoms with E-state index in [1.54, 1.807) is 0 Å². The third-order valence-corrected chi connectivity index (χ3v) is 6.48. The lowest BCUT2D eigenvalue weighted by Crippen LogP contribution is -2.11. The summed E-state index contributed by atoms with van der Waals surface area (Å²) in [5, 5.41) is 2.68. The SMILES string of the molecule is CN(C)c1c(-c2ccccc2)cccc1-c1cccc2c1sc1ccccc12. The summed E-state index contributed by atoms with van der Waals surface area (Å²) < 4.78 is 2.70. The average molecular weight is 380 g/mol. The molecule has 0 atom stereocenters. The molecule has 0 saturated heterocycles. The van der Waals surface area contributed by atoms with Crippen LogP contribution < -0.4 is 4.90 Å². The number of anilines is 1. The van der Waals surface area contributed by atoms with Gasteiger partial charge < -0.3 is 4.90 Å². The van der Waals surface area contributed by atoms with Gasteiger partial charge in [-0.3, -0.25) is 0 Å². The highest BCUT2D eigenvalue weighted by Crippen LogP contribution is 2.44. The second-order valence-electron chi connectivity index (χ2n) is 7.24. The van der Waals surface area contributed by atoms with Gasteiger partial charge in [-0.25, -0.2) is 0 Å². The number of nitrogens with zero attached hydrogens (tertiary/aromatic N) is 1. The summed E-state index contributed by atoms with van der Waals surface area (Å²) in [5.74, 6) is 0. The zero-order chi connectivity index (χ0) is 19.1. The number of fused-ring (bicyclic) bond motifs is 3. The maximum Gasteiger partial charge on any atom is 0.0520 e. The molecular weight excluding hydrogens is 358 g/mol. The second kappa shape index (κ2) is 6.81. The molecule has 5 rings (SSSR count). The summed E-state index contributed by atoms with van der Waals surface area (Å²) >= 11 is 1.89. The lowest BCUT2D eigenvalue weighted by atomic mass is 9.94. The molecule has 5 aromatic rings. The fourth-order valence-corrected chi connectivity index (χ4v) is 5.28. The molecule has 0 unspecified atom stereocenters. The Morgan fingerprint density at radius 2 is 1.21 bits per heavy atom. The standard InChI is InChI=1S/C26H21NS/c1-27(2)25-19(18-10-4-3-5-11-18)13-8-14-21(25)23-16-9-15-22-20-12-6-7-17-24(20)28-26(22)23/h3-17H,1-2H3. The minimum absolute atomic E-state index is 1.25. The maximum absolute atomic E-state index is 2.26. The molecule has 0 saturated carbocycles. The van der Waals surface area contributed by atoms with Gasteiger partial charge in [-0.15, -0.1) is 11.3 Å². The molecule has 1 heterocycles. The quantitative estimate of drug-likeness (QED) is 0.314. The van der Waals surface area contributed by atoms with Crippen molar-refractivity contribution < 1.29 is 0 Å². The van der Waals surface area contributed by atoms with Crippen LogP contribution in [0.3, 0.4) is 0 Å². The van der Waals surface area contributed by atoms with Crippen LogP contribution in [0.1, 0.15) is 0 Å². The van der Waals surface area contributed by atoms with E-state index in [0.717, 1.165) is 0 Å². The van der Waals surface area contributed by atoms with Crippen LogP contribution in [-0.4, -0.2) is 14.1 Å². The lowest BCUT2D eigenvalue weighted by Gasteiger charge is -2.22. The fourth-order valence-electron chi connectivity index (χ4n) is 4.05. The Balaban J connectivity index is 1.83. The molecule has 0 bridgehead atoms.